The zero-order valence-corrected chi connectivity index (χ0v) is 4.22. The van der Waals surface area contributed by atoms with Crippen LogP contribution in [0.15, 0.2) is 12.8 Å². The van der Waals surface area contributed by atoms with Crippen LogP contribution in [0.5, 0.6) is 0 Å². The van der Waals surface area contributed by atoms with E-state index in [1.54, 1.807) is 6.92 Å². The van der Waals surface area contributed by atoms with E-state index in [0.717, 1.165) is 6.26 Å². The maximum Gasteiger partial charge on any atom is 0.125 e. The Bertz CT molecular complexity index is 44.2. The van der Waals surface area contributed by atoms with E-state index in [2.05, 4.69) is 21.4 Å². The van der Waals surface area contributed by atoms with E-state index in [1.807, 2.05) is 0 Å². The van der Waals surface area contributed by atoms with Gasteiger partial charge in [-0.05, 0) is 12.0 Å². The molecule has 0 fully saturated rings. The molecule has 0 aromatic carbocycles. The SMILES string of the molecule is C=COOOCC. The van der Waals surface area contributed by atoms with Gasteiger partial charge in [0.2, 0.25) is 0 Å². The van der Waals surface area contributed by atoms with E-state index in [9.17, 15) is 0 Å². The molecule has 7 heavy (non-hydrogen) atoms. The first-order valence-corrected chi connectivity index (χ1v) is 1.97. The molecule has 0 rings (SSSR count). The van der Waals surface area contributed by atoms with Crippen molar-refractivity contribution in [3.63, 3.8) is 0 Å². The van der Waals surface area contributed by atoms with Crippen LogP contribution in [0.1, 0.15) is 6.92 Å². The maximum absolute atomic E-state index is 4.28. The van der Waals surface area contributed by atoms with Gasteiger partial charge in [0.05, 0.1) is 6.61 Å². The molecule has 0 spiro atoms. The molecule has 0 unspecified atom stereocenters. The second-order valence-corrected chi connectivity index (χ2v) is 0.737. The molecule has 0 atom stereocenters. The third-order valence-electron chi connectivity index (χ3n) is 0.273. The molecule has 0 heterocycles. The fraction of sp³-hybridized carbons (Fsp3) is 0.500. The third-order valence-corrected chi connectivity index (χ3v) is 0.273. The standard InChI is InChI=1S/C4H8O3/c1-3-5-7-6-4-2/h3H,1,4H2,2H3. The topological polar surface area (TPSA) is 27.7 Å². The van der Waals surface area contributed by atoms with Crippen LogP contribution >= 0.6 is 0 Å². The Hall–Kier alpha value is -0.540. The predicted molar refractivity (Wildman–Crippen MR) is 24.0 cm³/mol. The van der Waals surface area contributed by atoms with E-state index in [4.69, 9.17) is 0 Å². The number of hydrogen-bond acceptors (Lipinski definition) is 3. The van der Waals surface area contributed by atoms with Gasteiger partial charge in [0.25, 0.3) is 0 Å². The Kier molecular flexibility index (Phi) is 5.04. The van der Waals surface area contributed by atoms with Crippen LogP contribution in [0.25, 0.3) is 0 Å². The molecule has 0 aliphatic carbocycles. The lowest BCUT2D eigenvalue weighted by Crippen LogP contribution is -1.88. The van der Waals surface area contributed by atoms with Crippen LogP contribution in [0, 0.1) is 0 Å². The smallest absolute Gasteiger partial charge is 0.125 e. The zero-order valence-electron chi connectivity index (χ0n) is 4.22. The molecule has 42 valence electrons. The van der Waals surface area contributed by atoms with Crippen LogP contribution in [-0.2, 0) is 14.8 Å². The van der Waals surface area contributed by atoms with Crippen molar-refractivity contribution in [2.24, 2.45) is 0 Å². The molecule has 0 N–H and O–H groups in total. The van der Waals surface area contributed by atoms with Gasteiger partial charge in [-0.15, -0.1) is 0 Å². The summed E-state index contributed by atoms with van der Waals surface area (Å²) in [6.45, 7) is 5.46. The van der Waals surface area contributed by atoms with Crippen LogP contribution in [-0.4, -0.2) is 6.61 Å². The highest BCUT2D eigenvalue weighted by atomic mass is 17.5. The Labute approximate surface area is 42.3 Å². The highest BCUT2D eigenvalue weighted by molar-refractivity contribution is 4.41. The lowest BCUT2D eigenvalue weighted by atomic mass is 10.9. The van der Waals surface area contributed by atoms with E-state index < -0.39 is 0 Å². The summed E-state index contributed by atoms with van der Waals surface area (Å²) in [5, 5.41) is 4.01. The molecule has 0 amide bonds. The first kappa shape index (κ1) is 6.46. The van der Waals surface area contributed by atoms with Crippen molar-refractivity contribution in [2.45, 2.75) is 6.92 Å². The van der Waals surface area contributed by atoms with Crippen molar-refractivity contribution in [3.05, 3.63) is 12.8 Å². The van der Waals surface area contributed by atoms with Crippen LogP contribution in [0.4, 0.5) is 0 Å². The monoisotopic (exact) mass is 104 g/mol. The molecule has 0 saturated heterocycles. The van der Waals surface area contributed by atoms with Crippen LogP contribution in [0.3, 0.4) is 0 Å². The van der Waals surface area contributed by atoms with Crippen molar-refractivity contribution in [2.75, 3.05) is 6.61 Å². The van der Waals surface area contributed by atoms with E-state index in [-0.39, 0.29) is 0 Å². The zero-order chi connectivity index (χ0) is 5.54. The molecule has 0 saturated carbocycles. The Balaban J connectivity index is 2.56. The van der Waals surface area contributed by atoms with Crippen molar-refractivity contribution < 1.29 is 14.8 Å². The highest BCUT2D eigenvalue weighted by Crippen LogP contribution is 1.77. The molecule has 0 aliphatic heterocycles. The van der Waals surface area contributed by atoms with Crippen molar-refractivity contribution in [3.8, 4) is 0 Å². The third kappa shape index (κ3) is 5.46. The summed E-state index contributed by atoms with van der Waals surface area (Å²) >= 11 is 0. The second kappa shape index (κ2) is 5.46. The van der Waals surface area contributed by atoms with Crippen molar-refractivity contribution in [1.82, 2.24) is 0 Å². The maximum atomic E-state index is 4.28. The largest absolute Gasteiger partial charge is 0.317 e. The van der Waals surface area contributed by atoms with Crippen LogP contribution in [0.2, 0.25) is 0 Å². The average molecular weight is 104 g/mol. The minimum Gasteiger partial charge on any atom is -0.317 e. The van der Waals surface area contributed by atoms with Crippen molar-refractivity contribution >= 4 is 0 Å². The molecule has 0 aromatic heterocycles. The van der Waals surface area contributed by atoms with Gasteiger partial charge in [-0.25, -0.2) is 0 Å². The fourth-order valence-electron chi connectivity index (χ4n) is 0.104. The number of hydrogen-bond donors (Lipinski definition) is 0. The molecular weight excluding hydrogens is 96.0 g/mol. The molecular formula is C4H8O3. The second-order valence-electron chi connectivity index (χ2n) is 0.737. The average Bonchev–Trinajstić information content (AvgIpc) is 1.69. The minimum absolute atomic E-state index is 0.466. The first-order chi connectivity index (χ1) is 3.41. The highest BCUT2D eigenvalue weighted by Gasteiger charge is 1.74. The van der Waals surface area contributed by atoms with Gasteiger partial charge in [0.15, 0.2) is 0 Å². The van der Waals surface area contributed by atoms with Gasteiger partial charge >= 0.3 is 0 Å². The minimum atomic E-state index is 0.466. The van der Waals surface area contributed by atoms with E-state index in [1.165, 1.54) is 0 Å². The van der Waals surface area contributed by atoms with Gasteiger partial charge in [-0.1, -0.05) is 6.58 Å². The van der Waals surface area contributed by atoms with E-state index in [0.29, 0.717) is 6.61 Å². The van der Waals surface area contributed by atoms with Gasteiger partial charge in [0.1, 0.15) is 6.26 Å². The molecule has 0 aliphatic rings. The fourth-order valence-corrected chi connectivity index (χ4v) is 0.104. The summed E-state index contributed by atoms with van der Waals surface area (Å²) in [6.07, 6.45) is 1.13. The van der Waals surface area contributed by atoms with Crippen LogP contribution < -0.4 is 0 Å². The quantitative estimate of drug-likeness (QED) is 0.231. The molecule has 0 radical (unpaired) electrons. The molecule has 3 heteroatoms. The summed E-state index contributed by atoms with van der Waals surface area (Å²) in [5.74, 6) is 0. The lowest BCUT2D eigenvalue weighted by molar-refractivity contribution is -0.488. The summed E-state index contributed by atoms with van der Waals surface area (Å²) in [6, 6.07) is 0. The summed E-state index contributed by atoms with van der Waals surface area (Å²) < 4.78 is 0. The Morgan fingerprint density at radius 3 is 2.86 bits per heavy atom. The summed E-state index contributed by atoms with van der Waals surface area (Å²) in [5.41, 5.74) is 0. The van der Waals surface area contributed by atoms with E-state index >= 15 is 0 Å². The van der Waals surface area contributed by atoms with Gasteiger partial charge in [0, 0.05) is 0 Å². The predicted octanol–water partition coefficient (Wildman–Crippen LogP) is 1.03. The lowest BCUT2D eigenvalue weighted by Gasteiger charge is -1.92. The first-order valence-electron chi connectivity index (χ1n) is 1.97. The normalized spacial score (nSPS) is 8.14. The van der Waals surface area contributed by atoms with Gasteiger partial charge < -0.3 is 4.89 Å². The molecule has 0 bridgehead atoms. The number of rotatable bonds is 4. The summed E-state index contributed by atoms with van der Waals surface area (Å²) in [4.78, 5) is 8.40. The van der Waals surface area contributed by atoms with Gasteiger partial charge in [-0.3, -0.25) is 0 Å². The molecule has 0 aromatic rings. The Morgan fingerprint density at radius 2 is 2.43 bits per heavy atom. The molecule has 3 nitrogen and oxygen atoms in total. The van der Waals surface area contributed by atoms with Crippen molar-refractivity contribution in [1.29, 1.82) is 0 Å². The summed E-state index contributed by atoms with van der Waals surface area (Å²) in [7, 11) is 0. The Morgan fingerprint density at radius 1 is 1.71 bits per heavy atom. The van der Waals surface area contributed by atoms with Gasteiger partial charge in [-0.2, -0.15) is 4.89 Å².